The molecule has 1 heterocycles. The number of anilines is 1. The van der Waals surface area contributed by atoms with Crippen molar-refractivity contribution in [1.82, 2.24) is 4.90 Å². The number of aryl methyl sites for hydroxylation is 1. The van der Waals surface area contributed by atoms with E-state index in [1.165, 1.54) is 63.6 Å². The molecule has 1 saturated heterocycles. The molecule has 116 valence electrons. The minimum atomic E-state index is 0.620. The highest BCUT2D eigenvalue weighted by atomic mass is 15.2. The number of rotatable bonds is 5. The zero-order chi connectivity index (χ0) is 14.9. The number of nitrogens with zero attached hydrogens (tertiary/aromatic N) is 1. The molecule has 2 aliphatic rings. The maximum atomic E-state index is 5.96. The van der Waals surface area contributed by atoms with Crippen LogP contribution in [0.2, 0.25) is 0 Å². The van der Waals surface area contributed by atoms with Crippen LogP contribution in [0.4, 0.5) is 5.69 Å². The third kappa shape index (κ3) is 2.83. The summed E-state index contributed by atoms with van der Waals surface area (Å²) in [6, 6.07) is 7.22. The number of hydrogen-bond donors (Lipinski definition) is 1. The van der Waals surface area contributed by atoms with E-state index in [2.05, 4.69) is 36.9 Å². The highest BCUT2D eigenvalue weighted by Gasteiger charge is 2.44. The van der Waals surface area contributed by atoms with Crippen LogP contribution in [0.3, 0.4) is 0 Å². The van der Waals surface area contributed by atoms with Crippen LogP contribution in [-0.4, -0.2) is 18.0 Å². The number of nitrogens with two attached hydrogens (primary N) is 1. The van der Waals surface area contributed by atoms with Gasteiger partial charge in [0.25, 0.3) is 0 Å². The lowest BCUT2D eigenvalue weighted by atomic mass is 9.70. The molecule has 0 aromatic heterocycles. The molecule has 3 rings (SSSR count). The highest BCUT2D eigenvalue weighted by Crippen LogP contribution is 2.46. The summed E-state index contributed by atoms with van der Waals surface area (Å²) in [4.78, 5) is 2.74. The average Bonchev–Trinajstić information content (AvgIpc) is 2.43. The number of fused-ring (bicyclic) bond motifs is 1. The zero-order valence-corrected chi connectivity index (χ0v) is 13.7. The molecule has 2 N–H and O–H groups in total. The molecule has 2 nitrogen and oxygen atoms in total. The number of benzene rings is 1. The zero-order valence-electron chi connectivity index (χ0n) is 13.7. The van der Waals surface area contributed by atoms with Crippen molar-refractivity contribution in [2.75, 3.05) is 18.8 Å². The Labute approximate surface area is 129 Å². The molecule has 21 heavy (non-hydrogen) atoms. The van der Waals surface area contributed by atoms with Crippen molar-refractivity contribution < 1.29 is 0 Å². The summed E-state index contributed by atoms with van der Waals surface area (Å²) in [6.07, 6.45) is 9.30. The predicted octanol–water partition coefficient (Wildman–Crippen LogP) is 4.55. The van der Waals surface area contributed by atoms with Gasteiger partial charge in [-0.2, -0.15) is 0 Å². The second-order valence-electron chi connectivity index (χ2n) is 7.27. The largest absolute Gasteiger partial charge is 0.399 e. The van der Waals surface area contributed by atoms with E-state index in [-0.39, 0.29) is 0 Å². The van der Waals surface area contributed by atoms with Crippen LogP contribution in [0.25, 0.3) is 0 Å². The van der Waals surface area contributed by atoms with Crippen LogP contribution in [0, 0.1) is 5.41 Å². The van der Waals surface area contributed by atoms with Gasteiger partial charge in [-0.1, -0.05) is 32.8 Å². The topological polar surface area (TPSA) is 29.3 Å². The molecule has 1 aliphatic heterocycles. The monoisotopic (exact) mass is 286 g/mol. The molecule has 1 atom stereocenters. The van der Waals surface area contributed by atoms with Gasteiger partial charge in [0, 0.05) is 24.8 Å². The van der Waals surface area contributed by atoms with E-state index in [4.69, 9.17) is 5.73 Å². The molecular weight excluding hydrogens is 256 g/mol. The van der Waals surface area contributed by atoms with Gasteiger partial charge in [-0.3, -0.25) is 4.90 Å². The molecular formula is C19H30N2. The van der Waals surface area contributed by atoms with E-state index in [0.717, 1.165) is 5.69 Å². The molecule has 1 aromatic rings. The lowest BCUT2D eigenvalue weighted by Crippen LogP contribution is -2.57. The van der Waals surface area contributed by atoms with Crippen molar-refractivity contribution in [1.29, 1.82) is 0 Å². The first kappa shape index (κ1) is 14.9. The van der Waals surface area contributed by atoms with Gasteiger partial charge < -0.3 is 5.73 Å². The Morgan fingerprint density at radius 3 is 2.57 bits per heavy atom. The quantitative estimate of drug-likeness (QED) is 0.805. The van der Waals surface area contributed by atoms with Crippen molar-refractivity contribution in [3.63, 3.8) is 0 Å². The van der Waals surface area contributed by atoms with Gasteiger partial charge in [-0.05, 0) is 60.8 Å². The lowest BCUT2D eigenvalue weighted by Gasteiger charge is -2.55. The van der Waals surface area contributed by atoms with Gasteiger partial charge in [0.15, 0.2) is 0 Å². The van der Waals surface area contributed by atoms with Crippen LogP contribution in [-0.2, 0) is 6.42 Å². The first-order chi connectivity index (χ1) is 10.2. The van der Waals surface area contributed by atoms with Crippen LogP contribution < -0.4 is 5.73 Å². The van der Waals surface area contributed by atoms with Gasteiger partial charge >= 0.3 is 0 Å². The fourth-order valence-corrected chi connectivity index (χ4v) is 4.73. The maximum Gasteiger partial charge on any atom is 0.0351 e. The van der Waals surface area contributed by atoms with Gasteiger partial charge in [-0.25, -0.2) is 0 Å². The first-order valence-corrected chi connectivity index (χ1v) is 8.80. The van der Waals surface area contributed by atoms with Gasteiger partial charge in [-0.15, -0.1) is 0 Å². The van der Waals surface area contributed by atoms with Gasteiger partial charge in [0.05, 0.1) is 0 Å². The second kappa shape index (κ2) is 6.00. The number of hydrogen-bond acceptors (Lipinski definition) is 2. The predicted molar refractivity (Wildman–Crippen MR) is 90.4 cm³/mol. The average molecular weight is 286 g/mol. The summed E-state index contributed by atoms with van der Waals surface area (Å²) in [5.41, 5.74) is 10.5. The summed E-state index contributed by atoms with van der Waals surface area (Å²) in [5, 5.41) is 0. The van der Waals surface area contributed by atoms with E-state index in [1.54, 1.807) is 5.56 Å². The Morgan fingerprint density at radius 1 is 1.19 bits per heavy atom. The fourth-order valence-electron chi connectivity index (χ4n) is 4.73. The van der Waals surface area contributed by atoms with Crippen LogP contribution in [0.5, 0.6) is 0 Å². The van der Waals surface area contributed by atoms with Gasteiger partial charge in [0.2, 0.25) is 0 Å². The Balaban J connectivity index is 1.73. The molecule has 0 bridgehead atoms. The molecule has 0 saturated carbocycles. The van der Waals surface area contributed by atoms with E-state index in [9.17, 15) is 0 Å². The van der Waals surface area contributed by atoms with Gasteiger partial charge in [0.1, 0.15) is 0 Å². The normalized spacial score (nSPS) is 24.4. The first-order valence-electron chi connectivity index (χ1n) is 8.80. The summed E-state index contributed by atoms with van der Waals surface area (Å²) >= 11 is 0. The maximum absolute atomic E-state index is 5.96. The van der Waals surface area contributed by atoms with Crippen molar-refractivity contribution >= 4 is 5.69 Å². The highest BCUT2D eigenvalue weighted by molar-refractivity contribution is 5.46. The second-order valence-corrected chi connectivity index (χ2v) is 7.27. The lowest BCUT2D eigenvalue weighted by molar-refractivity contribution is -0.0492. The van der Waals surface area contributed by atoms with E-state index in [1.807, 2.05) is 0 Å². The molecule has 1 aromatic carbocycles. The van der Waals surface area contributed by atoms with Crippen molar-refractivity contribution in [2.45, 2.75) is 64.8 Å². The summed E-state index contributed by atoms with van der Waals surface area (Å²) in [7, 11) is 0. The number of likely N-dealkylation sites (tertiary alicyclic amines) is 1. The minimum Gasteiger partial charge on any atom is -0.399 e. The minimum absolute atomic E-state index is 0.620. The molecule has 2 heteroatoms. The van der Waals surface area contributed by atoms with Crippen LogP contribution >= 0.6 is 0 Å². The van der Waals surface area contributed by atoms with Crippen molar-refractivity contribution in [2.24, 2.45) is 5.41 Å². The summed E-state index contributed by atoms with van der Waals surface area (Å²) in [6.45, 7) is 7.28. The van der Waals surface area contributed by atoms with Crippen molar-refractivity contribution in [3.8, 4) is 0 Å². The van der Waals surface area contributed by atoms with E-state index < -0.39 is 0 Å². The SMILES string of the molecule is CCCC1(CCC)CN(C2CCCc3cc(N)ccc32)C1. The third-order valence-electron chi connectivity index (χ3n) is 5.53. The smallest absolute Gasteiger partial charge is 0.0351 e. The number of nitrogen functional groups attached to an aromatic ring is 1. The molecule has 0 amide bonds. The Hall–Kier alpha value is -1.02. The van der Waals surface area contributed by atoms with Crippen molar-refractivity contribution in [3.05, 3.63) is 29.3 Å². The molecule has 1 unspecified atom stereocenters. The Morgan fingerprint density at radius 2 is 1.90 bits per heavy atom. The van der Waals surface area contributed by atoms with Crippen LogP contribution in [0.15, 0.2) is 18.2 Å². The third-order valence-corrected chi connectivity index (χ3v) is 5.53. The fraction of sp³-hybridized carbons (Fsp3) is 0.684. The van der Waals surface area contributed by atoms with E-state index in [0.29, 0.717) is 11.5 Å². The molecule has 1 aliphatic carbocycles. The Kier molecular flexibility index (Phi) is 4.26. The van der Waals surface area contributed by atoms with E-state index >= 15 is 0 Å². The molecule has 0 spiro atoms. The Bertz CT molecular complexity index is 480. The standard InChI is InChI=1S/C19H30N2/c1-3-10-19(11-4-2)13-21(14-19)18-7-5-6-15-12-16(20)8-9-17(15)18/h8-9,12,18H,3-7,10-11,13-14,20H2,1-2H3. The van der Waals surface area contributed by atoms with Crippen LogP contribution in [0.1, 0.15) is 69.5 Å². The summed E-state index contributed by atoms with van der Waals surface area (Å²) in [5.74, 6) is 0. The molecule has 0 radical (unpaired) electrons. The molecule has 1 fully saturated rings. The summed E-state index contributed by atoms with van der Waals surface area (Å²) < 4.78 is 0.